The largest absolute Gasteiger partial charge is 0.267 e. The molecule has 0 atom stereocenters. The van der Waals surface area contributed by atoms with Gasteiger partial charge in [-0.2, -0.15) is 5.10 Å². The van der Waals surface area contributed by atoms with Crippen LogP contribution in [0.25, 0.3) is 27.9 Å². The fourth-order valence-electron chi connectivity index (χ4n) is 3.85. The molecule has 7 nitrogen and oxygen atoms in total. The molecule has 0 aliphatic carbocycles. The van der Waals surface area contributed by atoms with Crippen LogP contribution >= 0.6 is 0 Å². The average Bonchev–Trinajstić information content (AvgIpc) is 3.44. The van der Waals surface area contributed by atoms with E-state index in [1.807, 2.05) is 31.3 Å². The number of aryl methyl sites for hydroxylation is 1. The molecule has 3 heterocycles. The Morgan fingerprint density at radius 3 is 2.09 bits per heavy atom. The predicted molar refractivity (Wildman–Crippen MR) is 131 cm³/mol. The van der Waals surface area contributed by atoms with Gasteiger partial charge in [0.25, 0.3) is 10.0 Å². The van der Waals surface area contributed by atoms with Gasteiger partial charge in [-0.3, -0.25) is 0 Å². The zero-order valence-electron chi connectivity index (χ0n) is 18.5. The topological polar surface area (TPSA) is 90.5 Å². The molecule has 0 saturated heterocycles. The number of sulfone groups is 1. The van der Waals surface area contributed by atoms with Gasteiger partial charge in [-0.15, -0.1) is 0 Å². The molecule has 34 heavy (non-hydrogen) atoms. The second kappa shape index (κ2) is 7.96. The summed E-state index contributed by atoms with van der Waals surface area (Å²) in [6.07, 6.45) is 6.03. The Kier molecular flexibility index (Phi) is 5.18. The summed E-state index contributed by atoms with van der Waals surface area (Å²) in [5.74, 6) is 0. The number of benzene rings is 2. The molecule has 0 radical (unpaired) electrons. The van der Waals surface area contributed by atoms with Crippen LogP contribution < -0.4 is 0 Å². The lowest BCUT2D eigenvalue weighted by atomic mass is 10.0. The van der Waals surface area contributed by atoms with Gasteiger partial charge >= 0.3 is 0 Å². The third-order valence-electron chi connectivity index (χ3n) is 5.65. The molecule has 0 amide bonds. The van der Waals surface area contributed by atoms with Gasteiger partial charge in [0, 0.05) is 36.0 Å². The Hall–Kier alpha value is -3.69. The fraction of sp³-hybridized carbons (Fsp3) is 0.0800. The smallest absolute Gasteiger partial charge is 0.248 e. The highest BCUT2D eigenvalue weighted by Crippen LogP contribution is 2.36. The van der Waals surface area contributed by atoms with E-state index in [9.17, 15) is 16.8 Å². The maximum atomic E-state index is 13.1. The van der Waals surface area contributed by atoms with Crippen molar-refractivity contribution < 1.29 is 16.8 Å². The minimum atomic E-state index is -3.76. The molecule has 0 bridgehead atoms. The summed E-state index contributed by atoms with van der Waals surface area (Å²) < 4.78 is 52.9. The van der Waals surface area contributed by atoms with Gasteiger partial charge in [-0.25, -0.2) is 25.3 Å². The quantitative estimate of drug-likeness (QED) is 0.363. The van der Waals surface area contributed by atoms with Crippen molar-refractivity contribution in [3.63, 3.8) is 0 Å². The van der Waals surface area contributed by atoms with Gasteiger partial charge in [0.15, 0.2) is 9.84 Å². The number of aromatic nitrogens is 3. The first-order chi connectivity index (χ1) is 16.1. The average molecular weight is 492 g/mol. The van der Waals surface area contributed by atoms with E-state index in [0.29, 0.717) is 11.3 Å². The summed E-state index contributed by atoms with van der Waals surface area (Å²) in [5.41, 5.74) is 4.57. The van der Waals surface area contributed by atoms with E-state index >= 15 is 0 Å². The van der Waals surface area contributed by atoms with Crippen LogP contribution in [0.5, 0.6) is 0 Å². The van der Waals surface area contributed by atoms with Crippen LogP contribution in [0.15, 0.2) is 101 Å². The van der Waals surface area contributed by atoms with Crippen LogP contribution in [0.3, 0.4) is 0 Å². The molecular formula is C25H21N3O4S2. The lowest BCUT2D eigenvalue weighted by Gasteiger charge is -2.06. The Morgan fingerprint density at radius 2 is 1.41 bits per heavy atom. The molecule has 9 heteroatoms. The van der Waals surface area contributed by atoms with E-state index in [1.54, 1.807) is 65.3 Å². The van der Waals surface area contributed by atoms with Crippen molar-refractivity contribution in [2.75, 3.05) is 6.26 Å². The maximum absolute atomic E-state index is 13.1. The van der Waals surface area contributed by atoms with Crippen LogP contribution in [-0.2, 0) is 19.9 Å². The Bertz CT molecular complexity index is 1730. The maximum Gasteiger partial charge on any atom is 0.267 e. The lowest BCUT2D eigenvalue weighted by molar-refractivity contribution is 0.587. The highest BCUT2D eigenvalue weighted by atomic mass is 32.2. The number of pyridine rings is 1. The molecule has 2 aromatic carbocycles. The van der Waals surface area contributed by atoms with Crippen molar-refractivity contribution >= 4 is 25.4 Å². The molecule has 0 spiro atoms. The number of rotatable bonds is 5. The van der Waals surface area contributed by atoms with Crippen molar-refractivity contribution in [3.05, 3.63) is 97.0 Å². The monoisotopic (exact) mass is 491 g/mol. The summed E-state index contributed by atoms with van der Waals surface area (Å²) in [4.78, 5) is 0.427. The summed E-state index contributed by atoms with van der Waals surface area (Å²) in [6, 6.07) is 20.7. The fourth-order valence-corrected chi connectivity index (χ4v) is 5.68. The highest BCUT2D eigenvalue weighted by molar-refractivity contribution is 7.90. The van der Waals surface area contributed by atoms with Gasteiger partial charge < -0.3 is 0 Å². The molecule has 0 N–H and O–H groups in total. The zero-order chi connectivity index (χ0) is 24.1. The van der Waals surface area contributed by atoms with Crippen molar-refractivity contribution in [1.29, 1.82) is 0 Å². The SMILES string of the molecule is Cc1ccc(S(=O)(=O)n2ccc(-c3nn4ccccc4c3-c3ccc(S(C)(=O)=O)cc3)c2)cc1. The lowest BCUT2D eigenvalue weighted by Crippen LogP contribution is -2.10. The first-order valence-corrected chi connectivity index (χ1v) is 13.8. The van der Waals surface area contributed by atoms with E-state index in [0.717, 1.165) is 22.2 Å². The van der Waals surface area contributed by atoms with Gasteiger partial charge in [0.1, 0.15) is 5.69 Å². The highest BCUT2D eigenvalue weighted by Gasteiger charge is 2.21. The summed E-state index contributed by atoms with van der Waals surface area (Å²) in [6.45, 7) is 1.90. The number of fused-ring (bicyclic) bond motifs is 1. The first kappa shape index (κ1) is 22.1. The van der Waals surface area contributed by atoms with Crippen molar-refractivity contribution in [2.45, 2.75) is 16.7 Å². The van der Waals surface area contributed by atoms with Gasteiger partial charge in [0.05, 0.1) is 15.3 Å². The molecule has 172 valence electrons. The van der Waals surface area contributed by atoms with Gasteiger partial charge in [-0.1, -0.05) is 35.9 Å². The minimum absolute atomic E-state index is 0.201. The summed E-state index contributed by atoms with van der Waals surface area (Å²) in [5, 5.41) is 4.70. The van der Waals surface area contributed by atoms with Crippen molar-refractivity contribution in [2.24, 2.45) is 0 Å². The zero-order valence-corrected chi connectivity index (χ0v) is 20.1. The van der Waals surface area contributed by atoms with Crippen LogP contribution in [0.2, 0.25) is 0 Å². The third-order valence-corrected chi connectivity index (χ3v) is 8.43. The van der Waals surface area contributed by atoms with Crippen molar-refractivity contribution in [1.82, 2.24) is 13.6 Å². The van der Waals surface area contributed by atoms with E-state index < -0.39 is 19.9 Å². The predicted octanol–water partition coefficient (Wildman–Crippen LogP) is 4.42. The molecule has 0 saturated carbocycles. The number of hydrogen-bond acceptors (Lipinski definition) is 5. The molecule has 5 aromatic rings. The van der Waals surface area contributed by atoms with Crippen LogP contribution in [-0.4, -0.2) is 36.7 Å². The normalized spacial score (nSPS) is 12.3. The van der Waals surface area contributed by atoms with E-state index in [2.05, 4.69) is 0 Å². The van der Waals surface area contributed by atoms with E-state index in [1.165, 1.54) is 16.4 Å². The second-order valence-corrected chi connectivity index (χ2v) is 12.0. The number of hydrogen-bond donors (Lipinski definition) is 0. The molecule has 5 rings (SSSR count). The van der Waals surface area contributed by atoms with Crippen LogP contribution in [0, 0.1) is 6.92 Å². The standard InChI is InChI=1S/C25H21N3O4S2/c1-18-6-10-22(11-7-18)34(31,32)27-16-14-20(17-27)25-24(23-5-3-4-15-28(23)26-25)19-8-12-21(13-9-19)33(2,29)30/h3-17H,1-2H3. The Morgan fingerprint density at radius 1 is 0.735 bits per heavy atom. The number of nitrogens with zero attached hydrogens (tertiary/aromatic N) is 3. The summed E-state index contributed by atoms with van der Waals surface area (Å²) >= 11 is 0. The van der Waals surface area contributed by atoms with Crippen molar-refractivity contribution in [3.8, 4) is 22.4 Å². The van der Waals surface area contributed by atoms with Crippen LogP contribution in [0.4, 0.5) is 0 Å². The molecule has 0 aliphatic heterocycles. The second-order valence-electron chi connectivity index (χ2n) is 8.10. The Balaban J connectivity index is 1.65. The molecular weight excluding hydrogens is 470 g/mol. The first-order valence-electron chi connectivity index (χ1n) is 10.4. The van der Waals surface area contributed by atoms with E-state index in [4.69, 9.17) is 5.10 Å². The summed E-state index contributed by atoms with van der Waals surface area (Å²) in [7, 11) is -7.08. The van der Waals surface area contributed by atoms with E-state index in [-0.39, 0.29) is 9.79 Å². The van der Waals surface area contributed by atoms with Gasteiger partial charge in [-0.05, 0) is 55.0 Å². The molecule has 0 unspecified atom stereocenters. The van der Waals surface area contributed by atoms with Gasteiger partial charge in [0.2, 0.25) is 0 Å². The molecule has 0 fully saturated rings. The van der Waals surface area contributed by atoms with Crippen LogP contribution in [0.1, 0.15) is 5.56 Å². The Labute approximate surface area is 197 Å². The third kappa shape index (κ3) is 3.82. The minimum Gasteiger partial charge on any atom is -0.248 e. The molecule has 3 aromatic heterocycles. The molecule has 0 aliphatic rings.